The van der Waals surface area contributed by atoms with E-state index in [1.54, 1.807) is 11.9 Å². The molecule has 2 heterocycles. The smallest absolute Gasteiger partial charge is 0.248 e. The summed E-state index contributed by atoms with van der Waals surface area (Å²) in [6.45, 7) is 2.28. The van der Waals surface area contributed by atoms with Crippen molar-refractivity contribution in [3.63, 3.8) is 0 Å². The highest BCUT2D eigenvalue weighted by atomic mass is 16.3. The lowest BCUT2D eigenvalue weighted by Crippen LogP contribution is -2.69. The van der Waals surface area contributed by atoms with Gasteiger partial charge in [0.25, 0.3) is 0 Å². The van der Waals surface area contributed by atoms with Crippen molar-refractivity contribution in [3.05, 3.63) is 35.9 Å². The number of rotatable bonds is 3. The zero-order valence-electron chi connectivity index (χ0n) is 12.7. The number of aliphatic hydroxyl groups is 1. The van der Waals surface area contributed by atoms with Gasteiger partial charge < -0.3 is 14.9 Å². The Hall–Kier alpha value is -1.92. The Bertz CT molecular complexity index is 563. The van der Waals surface area contributed by atoms with Crippen LogP contribution in [0, 0.1) is 0 Å². The van der Waals surface area contributed by atoms with Crippen molar-refractivity contribution in [2.24, 2.45) is 0 Å². The molecule has 0 aliphatic carbocycles. The number of hydrogen-bond donors (Lipinski definition) is 1. The number of fused-ring (bicyclic) bond motifs is 1. The molecule has 0 aromatic heterocycles. The summed E-state index contributed by atoms with van der Waals surface area (Å²) in [5.41, 5.74) is 1.20. The number of carbonyl (C=O) groups excluding carboxylic acids is 2. The summed E-state index contributed by atoms with van der Waals surface area (Å²) in [6, 6.07) is 8.94. The lowest BCUT2D eigenvalue weighted by molar-refractivity contribution is -0.165. The van der Waals surface area contributed by atoms with Crippen LogP contribution >= 0.6 is 0 Å². The molecular weight excluding hydrogens is 282 g/mol. The average molecular weight is 303 g/mol. The normalized spacial score (nSPS) is 26.3. The Balaban J connectivity index is 1.72. The summed E-state index contributed by atoms with van der Waals surface area (Å²) in [4.78, 5) is 30.0. The number of benzene rings is 1. The van der Waals surface area contributed by atoms with Gasteiger partial charge in [-0.1, -0.05) is 30.3 Å². The Morgan fingerprint density at radius 1 is 1.14 bits per heavy atom. The molecule has 3 rings (SSSR count). The Morgan fingerprint density at radius 3 is 2.55 bits per heavy atom. The largest absolute Gasteiger partial charge is 0.394 e. The minimum atomic E-state index is -0.732. The Labute approximate surface area is 129 Å². The molecule has 2 saturated heterocycles. The van der Waals surface area contributed by atoms with Gasteiger partial charge in [0, 0.05) is 33.2 Å². The van der Waals surface area contributed by atoms with E-state index in [1.807, 2.05) is 18.2 Å². The van der Waals surface area contributed by atoms with Crippen LogP contribution in [0.3, 0.4) is 0 Å². The second-order valence-corrected chi connectivity index (χ2v) is 5.92. The molecule has 2 fully saturated rings. The van der Waals surface area contributed by atoms with Crippen LogP contribution in [-0.4, -0.2) is 77.0 Å². The molecule has 0 saturated carbocycles. The van der Waals surface area contributed by atoms with Gasteiger partial charge in [-0.05, 0) is 5.56 Å². The lowest BCUT2D eigenvalue weighted by atomic mass is 10.0. The second kappa shape index (κ2) is 6.06. The average Bonchev–Trinajstić information content (AvgIpc) is 2.54. The lowest BCUT2D eigenvalue weighted by Gasteiger charge is -2.48. The van der Waals surface area contributed by atoms with Gasteiger partial charge in [-0.15, -0.1) is 0 Å². The maximum absolute atomic E-state index is 12.5. The maximum atomic E-state index is 12.5. The zero-order chi connectivity index (χ0) is 15.7. The van der Waals surface area contributed by atoms with Gasteiger partial charge in [-0.3, -0.25) is 14.5 Å². The van der Waals surface area contributed by atoms with Crippen molar-refractivity contribution >= 4 is 11.8 Å². The third-order valence-corrected chi connectivity index (χ3v) is 4.55. The van der Waals surface area contributed by atoms with E-state index in [-0.39, 0.29) is 18.4 Å². The maximum Gasteiger partial charge on any atom is 0.248 e. The van der Waals surface area contributed by atoms with E-state index >= 15 is 0 Å². The molecule has 1 aromatic carbocycles. The first-order valence-electron chi connectivity index (χ1n) is 7.56. The van der Waals surface area contributed by atoms with Crippen LogP contribution < -0.4 is 0 Å². The highest BCUT2D eigenvalue weighted by Crippen LogP contribution is 2.22. The molecule has 0 bridgehead atoms. The molecule has 1 aromatic rings. The zero-order valence-corrected chi connectivity index (χ0v) is 12.7. The van der Waals surface area contributed by atoms with E-state index in [0.29, 0.717) is 13.1 Å². The van der Waals surface area contributed by atoms with Crippen LogP contribution in [-0.2, 0) is 16.1 Å². The van der Waals surface area contributed by atoms with Gasteiger partial charge in [0.05, 0.1) is 6.61 Å². The first-order chi connectivity index (χ1) is 10.6. The molecule has 2 aliphatic rings. The molecule has 0 unspecified atom stereocenters. The van der Waals surface area contributed by atoms with Crippen LogP contribution in [0.15, 0.2) is 30.3 Å². The number of amides is 2. The summed E-state index contributed by atoms with van der Waals surface area (Å²) in [7, 11) is 1.59. The summed E-state index contributed by atoms with van der Waals surface area (Å²) < 4.78 is 0. The highest BCUT2D eigenvalue weighted by molar-refractivity contribution is 5.97. The predicted octanol–water partition coefficient (Wildman–Crippen LogP) is -0.468. The van der Waals surface area contributed by atoms with Gasteiger partial charge in [0.1, 0.15) is 12.1 Å². The fourth-order valence-corrected chi connectivity index (χ4v) is 3.25. The Kier molecular flexibility index (Phi) is 4.13. The number of hydrogen-bond acceptors (Lipinski definition) is 4. The summed E-state index contributed by atoms with van der Waals surface area (Å²) in [6.07, 6.45) is 0. The minimum absolute atomic E-state index is 0.0867. The van der Waals surface area contributed by atoms with Crippen molar-refractivity contribution in [2.45, 2.75) is 18.6 Å². The van der Waals surface area contributed by atoms with Gasteiger partial charge in [0.15, 0.2) is 0 Å². The molecule has 22 heavy (non-hydrogen) atoms. The van der Waals surface area contributed by atoms with E-state index in [0.717, 1.165) is 13.1 Å². The van der Waals surface area contributed by atoms with Crippen molar-refractivity contribution in [1.29, 1.82) is 0 Å². The molecule has 6 heteroatoms. The predicted molar refractivity (Wildman–Crippen MR) is 80.9 cm³/mol. The number of carbonyl (C=O) groups is 2. The molecule has 2 atom stereocenters. The Morgan fingerprint density at radius 2 is 1.86 bits per heavy atom. The quantitative estimate of drug-likeness (QED) is 0.820. The van der Waals surface area contributed by atoms with Gasteiger partial charge in [-0.2, -0.15) is 0 Å². The minimum Gasteiger partial charge on any atom is -0.394 e. The molecule has 0 spiro atoms. The van der Waals surface area contributed by atoms with Gasteiger partial charge >= 0.3 is 0 Å². The third kappa shape index (κ3) is 2.60. The number of piperazine rings is 2. The van der Waals surface area contributed by atoms with E-state index in [2.05, 4.69) is 17.0 Å². The van der Waals surface area contributed by atoms with Crippen molar-refractivity contribution < 1.29 is 14.7 Å². The molecule has 6 nitrogen and oxygen atoms in total. The molecule has 0 radical (unpaired) electrons. The van der Waals surface area contributed by atoms with E-state index in [4.69, 9.17) is 0 Å². The van der Waals surface area contributed by atoms with Crippen LogP contribution in [0.25, 0.3) is 0 Å². The number of likely N-dealkylation sites (N-methyl/N-ethyl adjacent to an activating group) is 1. The third-order valence-electron chi connectivity index (χ3n) is 4.55. The number of aliphatic hydroxyl groups excluding tert-OH is 1. The van der Waals surface area contributed by atoms with E-state index < -0.39 is 12.1 Å². The van der Waals surface area contributed by atoms with Crippen molar-refractivity contribution in [1.82, 2.24) is 14.7 Å². The fraction of sp³-hybridized carbons (Fsp3) is 0.500. The first kappa shape index (κ1) is 15.0. The standard InChI is InChI=1S/C16H21N3O3/c1-17-14(11-20)16(22)19-8-7-18(10-13(19)15(17)21)9-12-5-3-2-4-6-12/h2-6,13-14,20H,7-11H2,1H3/t13-,14+/m1/s1. The SMILES string of the molecule is CN1C(=O)[C@H]2CN(Cc3ccccc3)CCN2C(=O)[C@@H]1CO. The monoisotopic (exact) mass is 303 g/mol. The first-order valence-corrected chi connectivity index (χ1v) is 7.56. The summed E-state index contributed by atoms with van der Waals surface area (Å²) in [5, 5.41) is 9.33. The van der Waals surface area contributed by atoms with Crippen molar-refractivity contribution in [3.8, 4) is 0 Å². The molecular formula is C16H21N3O3. The highest BCUT2D eigenvalue weighted by Gasteiger charge is 2.46. The van der Waals surface area contributed by atoms with Crippen LogP contribution in [0.1, 0.15) is 5.56 Å². The topological polar surface area (TPSA) is 64.1 Å². The van der Waals surface area contributed by atoms with Crippen molar-refractivity contribution in [2.75, 3.05) is 33.3 Å². The van der Waals surface area contributed by atoms with Crippen LogP contribution in [0.5, 0.6) is 0 Å². The van der Waals surface area contributed by atoms with Crippen LogP contribution in [0.4, 0.5) is 0 Å². The van der Waals surface area contributed by atoms with Gasteiger partial charge in [-0.25, -0.2) is 0 Å². The molecule has 2 aliphatic heterocycles. The van der Waals surface area contributed by atoms with E-state index in [1.165, 1.54) is 10.5 Å². The second-order valence-electron chi connectivity index (χ2n) is 5.92. The molecule has 118 valence electrons. The van der Waals surface area contributed by atoms with E-state index in [9.17, 15) is 14.7 Å². The molecule has 2 amide bonds. The molecule has 1 N–H and O–H groups in total. The summed E-state index contributed by atoms with van der Waals surface area (Å²) in [5.74, 6) is -0.231. The summed E-state index contributed by atoms with van der Waals surface area (Å²) >= 11 is 0. The number of nitrogens with zero attached hydrogens (tertiary/aromatic N) is 3. The van der Waals surface area contributed by atoms with Gasteiger partial charge in [0.2, 0.25) is 11.8 Å². The fourth-order valence-electron chi connectivity index (χ4n) is 3.25. The van der Waals surface area contributed by atoms with Crippen LogP contribution in [0.2, 0.25) is 0 Å².